The fourth-order valence-electron chi connectivity index (χ4n) is 1.83. The van der Waals surface area contributed by atoms with Crippen molar-refractivity contribution < 1.29 is 24.9 Å². The first-order chi connectivity index (χ1) is 8.45. The van der Waals surface area contributed by atoms with E-state index < -0.39 is 37.1 Å². The summed E-state index contributed by atoms with van der Waals surface area (Å²) < 4.78 is 6.41. The second kappa shape index (κ2) is 4.61. The number of hydrogen-bond acceptors (Lipinski definition) is 7. The van der Waals surface area contributed by atoms with Gasteiger partial charge in [-0.1, -0.05) is 0 Å². The molecule has 4 atom stereocenters. The van der Waals surface area contributed by atoms with E-state index in [-0.39, 0.29) is 5.82 Å². The van der Waals surface area contributed by atoms with E-state index in [1.54, 1.807) is 6.92 Å². The van der Waals surface area contributed by atoms with Crippen molar-refractivity contribution in [1.29, 1.82) is 0 Å². The number of nitrogens with two attached hydrogens (primary N) is 1. The molecule has 100 valence electrons. The van der Waals surface area contributed by atoms with Gasteiger partial charge in [-0.15, -0.1) is 5.10 Å². The Morgan fingerprint density at radius 3 is 2.61 bits per heavy atom. The zero-order chi connectivity index (χ0) is 13.4. The SMILES string of the molecule is Cc1nc(C(N)=O)nn1[C@@H]1O[C@H](CO)[C@@H](O)[C@H]1O. The van der Waals surface area contributed by atoms with E-state index in [1.165, 1.54) is 0 Å². The minimum Gasteiger partial charge on any atom is -0.394 e. The van der Waals surface area contributed by atoms with Gasteiger partial charge < -0.3 is 25.8 Å². The number of carbonyl (C=O) groups excluding carboxylic acids is 1. The van der Waals surface area contributed by atoms with Gasteiger partial charge in [0.05, 0.1) is 6.61 Å². The number of rotatable bonds is 3. The molecule has 1 aliphatic heterocycles. The monoisotopic (exact) mass is 258 g/mol. The predicted octanol–water partition coefficient (Wildman–Crippen LogP) is -2.70. The van der Waals surface area contributed by atoms with Gasteiger partial charge in [-0.05, 0) is 6.92 Å². The number of carbonyl (C=O) groups is 1. The van der Waals surface area contributed by atoms with Crippen molar-refractivity contribution in [3.8, 4) is 0 Å². The summed E-state index contributed by atoms with van der Waals surface area (Å²) in [6.07, 6.45) is -4.44. The second-order valence-corrected chi connectivity index (χ2v) is 4.02. The van der Waals surface area contributed by atoms with Crippen LogP contribution in [0.15, 0.2) is 0 Å². The van der Waals surface area contributed by atoms with Crippen LogP contribution in [-0.4, -0.2) is 60.9 Å². The van der Waals surface area contributed by atoms with Crippen LogP contribution in [0, 0.1) is 6.92 Å². The van der Waals surface area contributed by atoms with Gasteiger partial charge in [0.25, 0.3) is 5.91 Å². The molecule has 0 radical (unpaired) electrons. The average Bonchev–Trinajstić information content (AvgIpc) is 2.83. The smallest absolute Gasteiger partial charge is 0.288 e. The average molecular weight is 258 g/mol. The number of aliphatic hydroxyl groups excluding tert-OH is 3. The highest BCUT2D eigenvalue weighted by Gasteiger charge is 2.44. The third kappa shape index (κ3) is 1.97. The molecule has 1 amide bonds. The summed E-state index contributed by atoms with van der Waals surface area (Å²) in [4.78, 5) is 14.7. The zero-order valence-corrected chi connectivity index (χ0v) is 9.59. The van der Waals surface area contributed by atoms with Crippen molar-refractivity contribution in [3.05, 3.63) is 11.6 Å². The van der Waals surface area contributed by atoms with E-state index in [0.29, 0.717) is 5.82 Å². The normalized spacial score (nSPS) is 31.8. The van der Waals surface area contributed by atoms with Gasteiger partial charge in [-0.2, -0.15) is 0 Å². The highest BCUT2D eigenvalue weighted by atomic mass is 16.6. The van der Waals surface area contributed by atoms with Crippen molar-refractivity contribution in [1.82, 2.24) is 14.8 Å². The van der Waals surface area contributed by atoms with Crippen LogP contribution in [0.25, 0.3) is 0 Å². The van der Waals surface area contributed by atoms with Gasteiger partial charge >= 0.3 is 0 Å². The lowest BCUT2D eigenvalue weighted by molar-refractivity contribution is -0.0598. The zero-order valence-electron chi connectivity index (χ0n) is 9.59. The van der Waals surface area contributed by atoms with Gasteiger partial charge in [0.2, 0.25) is 5.82 Å². The Labute approximate surface area is 102 Å². The summed E-state index contributed by atoms with van der Waals surface area (Å²) in [5.41, 5.74) is 5.04. The van der Waals surface area contributed by atoms with E-state index in [1.807, 2.05) is 0 Å². The molecule has 18 heavy (non-hydrogen) atoms. The molecule has 9 nitrogen and oxygen atoms in total. The molecule has 9 heteroatoms. The van der Waals surface area contributed by atoms with E-state index in [2.05, 4.69) is 10.1 Å². The lowest BCUT2D eigenvalue weighted by atomic mass is 10.1. The van der Waals surface area contributed by atoms with Crippen LogP contribution in [0.5, 0.6) is 0 Å². The summed E-state index contributed by atoms with van der Waals surface area (Å²) in [7, 11) is 0. The summed E-state index contributed by atoms with van der Waals surface area (Å²) in [6, 6.07) is 0. The molecule has 0 aliphatic carbocycles. The highest BCUT2D eigenvalue weighted by molar-refractivity contribution is 5.88. The van der Waals surface area contributed by atoms with Crippen LogP contribution in [0.4, 0.5) is 0 Å². The number of aromatic nitrogens is 3. The minimum atomic E-state index is -1.27. The quantitative estimate of drug-likeness (QED) is 0.461. The number of aliphatic hydroxyl groups is 3. The van der Waals surface area contributed by atoms with Crippen molar-refractivity contribution in [2.24, 2.45) is 5.73 Å². The first kappa shape index (κ1) is 12.9. The van der Waals surface area contributed by atoms with Crippen LogP contribution < -0.4 is 5.73 Å². The lowest BCUT2D eigenvalue weighted by Gasteiger charge is -2.15. The molecule has 1 saturated heterocycles. The number of amides is 1. The Balaban J connectivity index is 2.29. The van der Waals surface area contributed by atoms with Crippen molar-refractivity contribution in [3.63, 3.8) is 0 Å². The molecule has 2 rings (SSSR count). The first-order valence-electron chi connectivity index (χ1n) is 5.31. The van der Waals surface area contributed by atoms with Crippen molar-refractivity contribution in [2.75, 3.05) is 6.61 Å². The minimum absolute atomic E-state index is 0.203. The standard InChI is InChI=1S/C9H14N4O5/c1-3-11-8(7(10)17)12-13(3)9-6(16)5(15)4(2-14)18-9/h4-6,9,14-16H,2H2,1H3,(H2,10,17)/t4-,5-,6-,9-/m1/s1. The highest BCUT2D eigenvalue weighted by Crippen LogP contribution is 2.29. The van der Waals surface area contributed by atoms with E-state index in [4.69, 9.17) is 15.6 Å². The molecule has 2 heterocycles. The Kier molecular flexibility index (Phi) is 3.30. The fourth-order valence-corrected chi connectivity index (χ4v) is 1.83. The molecule has 0 unspecified atom stereocenters. The Bertz CT molecular complexity index is 462. The molecule has 1 aromatic rings. The third-order valence-corrected chi connectivity index (χ3v) is 2.78. The Morgan fingerprint density at radius 1 is 1.50 bits per heavy atom. The van der Waals surface area contributed by atoms with Crippen molar-refractivity contribution in [2.45, 2.75) is 31.5 Å². The largest absolute Gasteiger partial charge is 0.394 e. The topological polar surface area (TPSA) is 144 Å². The molecule has 0 saturated carbocycles. The maximum Gasteiger partial charge on any atom is 0.288 e. The third-order valence-electron chi connectivity index (χ3n) is 2.78. The molecule has 1 aromatic heterocycles. The molecule has 0 spiro atoms. The maximum atomic E-state index is 10.9. The summed E-state index contributed by atoms with van der Waals surface area (Å²) in [6.45, 7) is 1.11. The molecular formula is C9H14N4O5. The van der Waals surface area contributed by atoms with Crippen LogP contribution in [0.1, 0.15) is 22.7 Å². The molecule has 5 N–H and O–H groups in total. The van der Waals surface area contributed by atoms with E-state index in [0.717, 1.165) is 4.68 Å². The van der Waals surface area contributed by atoms with Crippen molar-refractivity contribution >= 4 is 5.91 Å². The Morgan fingerprint density at radius 2 is 2.17 bits per heavy atom. The number of aryl methyl sites for hydroxylation is 1. The van der Waals surface area contributed by atoms with Gasteiger partial charge in [-0.25, -0.2) is 9.67 Å². The molecule has 0 aromatic carbocycles. The summed E-state index contributed by atoms with van der Waals surface area (Å²) in [5.74, 6) is -0.701. The number of primary amides is 1. The Hall–Kier alpha value is -1.55. The fraction of sp³-hybridized carbons (Fsp3) is 0.667. The summed E-state index contributed by atoms with van der Waals surface area (Å²) >= 11 is 0. The van der Waals surface area contributed by atoms with Crippen LogP contribution >= 0.6 is 0 Å². The van der Waals surface area contributed by atoms with Crippen LogP contribution in [-0.2, 0) is 4.74 Å². The predicted molar refractivity (Wildman–Crippen MR) is 56.3 cm³/mol. The second-order valence-electron chi connectivity index (χ2n) is 4.02. The van der Waals surface area contributed by atoms with E-state index in [9.17, 15) is 15.0 Å². The van der Waals surface area contributed by atoms with Gasteiger partial charge in [0, 0.05) is 0 Å². The first-order valence-corrected chi connectivity index (χ1v) is 5.31. The van der Waals surface area contributed by atoms with Gasteiger partial charge in [0.1, 0.15) is 24.1 Å². The van der Waals surface area contributed by atoms with Gasteiger partial charge in [0.15, 0.2) is 6.23 Å². The number of ether oxygens (including phenoxy) is 1. The van der Waals surface area contributed by atoms with E-state index >= 15 is 0 Å². The maximum absolute atomic E-state index is 10.9. The van der Waals surface area contributed by atoms with Crippen LogP contribution in [0.3, 0.4) is 0 Å². The number of hydrogen-bond donors (Lipinski definition) is 4. The summed E-state index contributed by atoms with van der Waals surface area (Å²) in [5, 5.41) is 32.2. The molecular weight excluding hydrogens is 244 g/mol. The molecule has 1 aliphatic rings. The molecule has 0 bridgehead atoms. The van der Waals surface area contributed by atoms with Gasteiger partial charge in [-0.3, -0.25) is 4.79 Å². The molecule has 1 fully saturated rings. The van der Waals surface area contributed by atoms with Crippen LogP contribution in [0.2, 0.25) is 0 Å². The number of nitrogens with zero attached hydrogens (tertiary/aromatic N) is 3. The lowest BCUT2D eigenvalue weighted by Crippen LogP contribution is -2.33.